The molecule has 114 valence electrons. The molecule has 4 heteroatoms. The van der Waals surface area contributed by atoms with Crippen molar-refractivity contribution in [3.8, 4) is 0 Å². The van der Waals surface area contributed by atoms with Gasteiger partial charge in [-0.3, -0.25) is 0 Å². The molecule has 0 spiro atoms. The topological polar surface area (TPSA) is 49.8 Å². The Hall–Kier alpha value is -1.55. The second-order valence-corrected chi connectivity index (χ2v) is 6.11. The quantitative estimate of drug-likeness (QED) is 0.910. The molecule has 2 aliphatic rings. The van der Waals surface area contributed by atoms with Crippen molar-refractivity contribution in [3.05, 3.63) is 35.9 Å². The summed E-state index contributed by atoms with van der Waals surface area (Å²) in [7, 11) is 0. The third-order valence-corrected chi connectivity index (χ3v) is 4.78. The maximum absolute atomic E-state index is 12.4. The van der Waals surface area contributed by atoms with Gasteiger partial charge in [-0.1, -0.05) is 43.2 Å². The number of rotatable bonds is 2. The highest BCUT2D eigenvalue weighted by Crippen LogP contribution is 2.35. The van der Waals surface area contributed by atoms with Crippen molar-refractivity contribution in [1.82, 2.24) is 4.90 Å². The molecule has 1 aliphatic carbocycles. The van der Waals surface area contributed by atoms with Gasteiger partial charge in [0.25, 0.3) is 0 Å². The smallest absolute Gasteiger partial charge is 0.410 e. The summed E-state index contributed by atoms with van der Waals surface area (Å²) >= 11 is 0. The van der Waals surface area contributed by atoms with Crippen molar-refractivity contribution < 1.29 is 14.6 Å². The van der Waals surface area contributed by atoms with Crippen LogP contribution in [0.2, 0.25) is 0 Å². The lowest BCUT2D eigenvalue weighted by molar-refractivity contribution is -0.0341. The number of piperidine rings is 1. The van der Waals surface area contributed by atoms with Crippen LogP contribution in [0.3, 0.4) is 0 Å². The first-order valence-electron chi connectivity index (χ1n) is 7.91. The molecule has 1 heterocycles. The minimum atomic E-state index is -0.256. The van der Waals surface area contributed by atoms with Crippen molar-refractivity contribution in [1.29, 1.82) is 0 Å². The molecule has 3 atom stereocenters. The Bertz CT molecular complexity index is 476. The molecule has 21 heavy (non-hydrogen) atoms. The number of carbonyl (C=O) groups excluding carboxylic acids is 1. The Morgan fingerprint density at radius 3 is 2.76 bits per heavy atom. The van der Waals surface area contributed by atoms with Crippen LogP contribution in [0.15, 0.2) is 30.3 Å². The van der Waals surface area contributed by atoms with Crippen molar-refractivity contribution in [2.45, 2.75) is 50.9 Å². The fraction of sp³-hybridized carbons (Fsp3) is 0.588. The van der Waals surface area contributed by atoms with E-state index in [0.717, 1.165) is 31.2 Å². The van der Waals surface area contributed by atoms with Gasteiger partial charge in [0.05, 0.1) is 6.10 Å². The van der Waals surface area contributed by atoms with E-state index in [-0.39, 0.29) is 24.2 Å². The molecule has 0 aromatic heterocycles. The van der Waals surface area contributed by atoms with Crippen molar-refractivity contribution in [3.63, 3.8) is 0 Å². The van der Waals surface area contributed by atoms with E-state index in [2.05, 4.69) is 0 Å². The summed E-state index contributed by atoms with van der Waals surface area (Å²) in [6, 6.07) is 9.90. The van der Waals surface area contributed by atoms with Crippen LogP contribution in [0.5, 0.6) is 0 Å². The minimum Gasteiger partial charge on any atom is -0.445 e. The molecule has 1 aliphatic heterocycles. The predicted octanol–water partition coefficient (Wildman–Crippen LogP) is 2.95. The van der Waals surface area contributed by atoms with Gasteiger partial charge in [0.15, 0.2) is 0 Å². The summed E-state index contributed by atoms with van der Waals surface area (Å²) in [6.45, 7) is 0.923. The van der Waals surface area contributed by atoms with E-state index in [1.54, 1.807) is 0 Å². The van der Waals surface area contributed by atoms with Crippen molar-refractivity contribution in [2.75, 3.05) is 6.54 Å². The predicted molar refractivity (Wildman–Crippen MR) is 79.7 cm³/mol. The molecule has 4 nitrogen and oxygen atoms in total. The maximum Gasteiger partial charge on any atom is 0.410 e. The van der Waals surface area contributed by atoms with Crippen LogP contribution in [0.1, 0.15) is 37.7 Å². The lowest BCUT2D eigenvalue weighted by Gasteiger charge is -2.45. The summed E-state index contributed by atoms with van der Waals surface area (Å²) in [5, 5.41) is 10.1. The number of amides is 1. The lowest BCUT2D eigenvalue weighted by atomic mass is 9.77. The van der Waals surface area contributed by atoms with Crippen LogP contribution < -0.4 is 0 Å². The molecule has 0 bridgehead atoms. The van der Waals surface area contributed by atoms with Gasteiger partial charge in [0.2, 0.25) is 0 Å². The molecule has 0 radical (unpaired) electrons. The molecule has 1 aromatic carbocycles. The number of likely N-dealkylation sites (tertiary alicyclic amines) is 1. The first-order valence-corrected chi connectivity index (χ1v) is 7.91. The summed E-state index contributed by atoms with van der Waals surface area (Å²) < 4.78 is 5.46. The SMILES string of the molecule is O=C(OCc1ccccc1)N1CCC(O)C2CCCCC21. The van der Waals surface area contributed by atoms with Crippen LogP contribution in [-0.2, 0) is 11.3 Å². The number of nitrogens with zero attached hydrogens (tertiary/aromatic N) is 1. The fourth-order valence-corrected chi connectivity index (χ4v) is 3.66. The number of hydrogen-bond donors (Lipinski definition) is 1. The zero-order valence-corrected chi connectivity index (χ0v) is 12.3. The number of aliphatic hydroxyl groups excluding tert-OH is 1. The van der Waals surface area contributed by atoms with E-state index in [9.17, 15) is 9.90 Å². The van der Waals surface area contributed by atoms with Crippen LogP contribution in [0.4, 0.5) is 4.79 Å². The highest BCUT2D eigenvalue weighted by molar-refractivity contribution is 5.68. The van der Waals surface area contributed by atoms with E-state index < -0.39 is 0 Å². The molecular weight excluding hydrogens is 266 g/mol. The number of fused-ring (bicyclic) bond motifs is 1. The molecule has 3 rings (SSSR count). The number of carbonyl (C=O) groups is 1. The highest BCUT2D eigenvalue weighted by atomic mass is 16.6. The Labute approximate surface area is 125 Å². The van der Waals surface area contributed by atoms with E-state index in [1.165, 1.54) is 0 Å². The molecule has 2 fully saturated rings. The van der Waals surface area contributed by atoms with E-state index in [1.807, 2.05) is 35.2 Å². The Balaban J connectivity index is 1.61. The van der Waals surface area contributed by atoms with Crippen molar-refractivity contribution in [2.24, 2.45) is 5.92 Å². The molecule has 1 saturated heterocycles. The Kier molecular flexibility index (Phi) is 4.44. The normalized spacial score (nSPS) is 28.8. The van der Waals surface area contributed by atoms with E-state index in [0.29, 0.717) is 19.6 Å². The highest BCUT2D eigenvalue weighted by Gasteiger charge is 2.41. The summed E-state index contributed by atoms with van der Waals surface area (Å²) in [5.41, 5.74) is 1.00. The maximum atomic E-state index is 12.4. The number of benzene rings is 1. The largest absolute Gasteiger partial charge is 0.445 e. The summed E-state index contributed by atoms with van der Waals surface area (Å²) in [4.78, 5) is 14.2. The standard InChI is InChI=1S/C17H23NO3/c19-16-10-11-18(15-9-5-4-8-14(15)16)17(20)21-12-13-6-2-1-3-7-13/h1-3,6-7,14-16,19H,4-5,8-12H2. The fourth-order valence-electron chi connectivity index (χ4n) is 3.66. The first-order chi connectivity index (χ1) is 10.3. The van der Waals surface area contributed by atoms with Gasteiger partial charge in [-0.25, -0.2) is 4.79 Å². The molecular formula is C17H23NO3. The number of ether oxygens (including phenoxy) is 1. The monoisotopic (exact) mass is 289 g/mol. The zero-order chi connectivity index (χ0) is 14.7. The van der Waals surface area contributed by atoms with Gasteiger partial charge in [0, 0.05) is 18.5 Å². The lowest BCUT2D eigenvalue weighted by Crippen LogP contribution is -2.54. The van der Waals surface area contributed by atoms with Crippen LogP contribution >= 0.6 is 0 Å². The zero-order valence-electron chi connectivity index (χ0n) is 12.3. The Morgan fingerprint density at radius 1 is 1.19 bits per heavy atom. The third-order valence-electron chi connectivity index (χ3n) is 4.78. The van der Waals surface area contributed by atoms with E-state index >= 15 is 0 Å². The van der Waals surface area contributed by atoms with Crippen LogP contribution in [0.25, 0.3) is 0 Å². The molecule has 1 saturated carbocycles. The van der Waals surface area contributed by atoms with Gasteiger partial charge in [0.1, 0.15) is 6.61 Å². The molecule has 1 amide bonds. The first kappa shape index (κ1) is 14.4. The van der Waals surface area contributed by atoms with Gasteiger partial charge < -0.3 is 14.7 Å². The van der Waals surface area contributed by atoms with Gasteiger partial charge in [-0.2, -0.15) is 0 Å². The van der Waals surface area contributed by atoms with Crippen LogP contribution in [-0.4, -0.2) is 34.8 Å². The molecule has 1 N–H and O–H groups in total. The van der Waals surface area contributed by atoms with Gasteiger partial charge in [-0.05, 0) is 24.8 Å². The second-order valence-electron chi connectivity index (χ2n) is 6.11. The Morgan fingerprint density at radius 2 is 1.95 bits per heavy atom. The minimum absolute atomic E-state index is 0.158. The number of hydrogen-bond acceptors (Lipinski definition) is 3. The van der Waals surface area contributed by atoms with Crippen molar-refractivity contribution >= 4 is 6.09 Å². The summed E-state index contributed by atoms with van der Waals surface area (Å²) in [5.74, 6) is 0.233. The average molecular weight is 289 g/mol. The van der Waals surface area contributed by atoms with Gasteiger partial charge >= 0.3 is 6.09 Å². The molecule has 1 aromatic rings. The average Bonchev–Trinajstić information content (AvgIpc) is 2.54. The van der Waals surface area contributed by atoms with E-state index in [4.69, 9.17) is 4.74 Å². The number of aliphatic hydroxyl groups is 1. The van der Waals surface area contributed by atoms with Crippen LogP contribution in [0, 0.1) is 5.92 Å². The van der Waals surface area contributed by atoms with Gasteiger partial charge in [-0.15, -0.1) is 0 Å². The third kappa shape index (κ3) is 3.21. The molecule has 3 unspecified atom stereocenters. The summed E-state index contributed by atoms with van der Waals surface area (Å²) in [6.07, 6.45) is 4.48. The second kappa shape index (κ2) is 6.48.